The van der Waals surface area contributed by atoms with E-state index in [-0.39, 0.29) is 11.9 Å². The lowest BCUT2D eigenvalue weighted by Crippen LogP contribution is -2.25. The molecule has 2 N–H and O–H groups in total. The molecule has 14 heavy (non-hydrogen) atoms. The SMILES string of the molecule is NC(Cc1cc(F)ccc1F)C1CC1. The van der Waals surface area contributed by atoms with E-state index in [0.717, 1.165) is 25.0 Å². The zero-order valence-corrected chi connectivity index (χ0v) is 7.84. The first-order valence-electron chi connectivity index (χ1n) is 4.86. The van der Waals surface area contributed by atoms with E-state index in [1.54, 1.807) is 0 Å². The molecule has 0 bridgehead atoms. The molecule has 0 spiro atoms. The highest BCUT2D eigenvalue weighted by atomic mass is 19.1. The zero-order chi connectivity index (χ0) is 10.1. The molecule has 1 nitrogen and oxygen atoms in total. The third-order valence-electron chi connectivity index (χ3n) is 2.69. The maximum absolute atomic E-state index is 13.2. The molecular formula is C11H13F2N. The van der Waals surface area contributed by atoms with Crippen LogP contribution in [0.1, 0.15) is 18.4 Å². The average Bonchev–Trinajstić information content (AvgIpc) is 2.94. The summed E-state index contributed by atoms with van der Waals surface area (Å²) < 4.78 is 26.0. The first-order valence-corrected chi connectivity index (χ1v) is 4.86. The summed E-state index contributed by atoms with van der Waals surface area (Å²) in [5.74, 6) is -0.246. The Morgan fingerprint density at radius 1 is 1.36 bits per heavy atom. The summed E-state index contributed by atoms with van der Waals surface area (Å²) in [6, 6.07) is 3.50. The van der Waals surface area contributed by atoms with Gasteiger partial charge in [-0.05, 0) is 48.9 Å². The predicted octanol–water partition coefficient (Wildman–Crippen LogP) is 2.24. The third-order valence-corrected chi connectivity index (χ3v) is 2.69. The van der Waals surface area contributed by atoms with Crippen LogP contribution in [0.4, 0.5) is 8.78 Å². The van der Waals surface area contributed by atoms with E-state index in [9.17, 15) is 8.78 Å². The number of hydrogen-bond acceptors (Lipinski definition) is 1. The Kier molecular flexibility index (Phi) is 2.50. The van der Waals surface area contributed by atoms with Crippen molar-refractivity contribution in [2.24, 2.45) is 11.7 Å². The first kappa shape index (κ1) is 9.59. The van der Waals surface area contributed by atoms with Crippen LogP contribution in [0.15, 0.2) is 18.2 Å². The second-order valence-electron chi connectivity index (χ2n) is 3.94. The van der Waals surface area contributed by atoms with E-state index in [4.69, 9.17) is 5.73 Å². The second-order valence-corrected chi connectivity index (χ2v) is 3.94. The Hall–Kier alpha value is -0.960. The minimum absolute atomic E-state index is 0.0219. The largest absolute Gasteiger partial charge is 0.327 e. The molecular weight excluding hydrogens is 184 g/mol. The lowest BCUT2D eigenvalue weighted by molar-refractivity contribution is 0.544. The highest BCUT2D eigenvalue weighted by molar-refractivity contribution is 5.20. The van der Waals surface area contributed by atoms with E-state index in [1.165, 1.54) is 6.07 Å². The van der Waals surface area contributed by atoms with Crippen LogP contribution in [-0.4, -0.2) is 6.04 Å². The summed E-state index contributed by atoms with van der Waals surface area (Å²) in [6.45, 7) is 0. The summed E-state index contributed by atoms with van der Waals surface area (Å²) in [5, 5.41) is 0. The van der Waals surface area contributed by atoms with Crippen molar-refractivity contribution in [1.29, 1.82) is 0 Å². The van der Waals surface area contributed by atoms with Crippen LogP contribution in [0, 0.1) is 17.6 Å². The van der Waals surface area contributed by atoms with E-state index < -0.39 is 5.82 Å². The van der Waals surface area contributed by atoms with Crippen LogP contribution in [-0.2, 0) is 6.42 Å². The predicted molar refractivity (Wildman–Crippen MR) is 50.8 cm³/mol. The molecule has 0 saturated heterocycles. The van der Waals surface area contributed by atoms with Crippen LogP contribution in [0.5, 0.6) is 0 Å². The van der Waals surface area contributed by atoms with Gasteiger partial charge in [0.25, 0.3) is 0 Å². The van der Waals surface area contributed by atoms with Crippen molar-refractivity contribution in [3.05, 3.63) is 35.4 Å². The Morgan fingerprint density at radius 3 is 2.71 bits per heavy atom. The van der Waals surface area contributed by atoms with Gasteiger partial charge in [-0.3, -0.25) is 0 Å². The Labute approximate surface area is 81.9 Å². The molecule has 1 aliphatic carbocycles. The summed E-state index contributed by atoms with van der Waals surface area (Å²) >= 11 is 0. The van der Waals surface area contributed by atoms with Crippen molar-refractivity contribution < 1.29 is 8.78 Å². The Morgan fingerprint density at radius 2 is 2.07 bits per heavy atom. The van der Waals surface area contributed by atoms with Crippen molar-refractivity contribution in [3.8, 4) is 0 Å². The molecule has 1 atom stereocenters. The number of nitrogens with two attached hydrogens (primary N) is 1. The van der Waals surface area contributed by atoms with Gasteiger partial charge in [0.15, 0.2) is 0 Å². The highest BCUT2D eigenvalue weighted by Crippen LogP contribution is 2.33. The second kappa shape index (κ2) is 3.65. The fourth-order valence-electron chi connectivity index (χ4n) is 1.64. The number of hydrogen-bond donors (Lipinski definition) is 1. The van der Waals surface area contributed by atoms with Crippen LogP contribution in [0.25, 0.3) is 0 Å². The number of rotatable bonds is 3. The van der Waals surface area contributed by atoms with Crippen LogP contribution in [0.3, 0.4) is 0 Å². The zero-order valence-electron chi connectivity index (χ0n) is 7.84. The molecule has 1 fully saturated rings. The van der Waals surface area contributed by atoms with E-state index in [2.05, 4.69) is 0 Å². The fourth-order valence-corrected chi connectivity index (χ4v) is 1.64. The van der Waals surface area contributed by atoms with Crippen LogP contribution in [0.2, 0.25) is 0 Å². The van der Waals surface area contributed by atoms with Gasteiger partial charge >= 0.3 is 0 Å². The minimum Gasteiger partial charge on any atom is -0.327 e. The standard InChI is InChI=1S/C11H13F2N/c12-9-3-4-10(13)8(5-9)6-11(14)7-1-2-7/h3-5,7,11H,1-2,6,14H2. The smallest absolute Gasteiger partial charge is 0.126 e. The summed E-state index contributed by atoms with van der Waals surface area (Å²) in [5.41, 5.74) is 6.23. The third kappa shape index (κ3) is 2.10. The molecule has 0 amide bonds. The van der Waals surface area contributed by atoms with E-state index in [1.807, 2.05) is 0 Å². The van der Waals surface area contributed by atoms with Gasteiger partial charge in [0.1, 0.15) is 11.6 Å². The number of benzene rings is 1. The topological polar surface area (TPSA) is 26.0 Å². The summed E-state index contributed by atoms with van der Waals surface area (Å²) in [4.78, 5) is 0. The molecule has 2 rings (SSSR count). The monoisotopic (exact) mass is 197 g/mol. The normalized spacial score (nSPS) is 18.2. The lowest BCUT2D eigenvalue weighted by atomic mass is 10.0. The molecule has 3 heteroatoms. The maximum Gasteiger partial charge on any atom is 0.126 e. The molecule has 1 saturated carbocycles. The van der Waals surface area contributed by atoms with Gasteiger partial charge in [-0.2, -0.15) is 0 Å². The van der Waals surface area contributed by atoms with Gasteiger partial charge in [-0.1, -0.05) is 0 Å². The Bertz CT molecular complexity index is 334. The van der Waals surface area contributed by atoms with Crippen LogP contribution >= 0.6 is 0 Å². The van der Waals surface area contributed by atoms with Gasteiger partial charge in [-0.15, -0.1) is 0 Å². The van der Waals surface area contributed by atoms with E-state index in [0.29, 0.717) is 17.9 Å². The van der Waals surface area contributed by atoms with Crippen molar-refractivity contribution in [2.45, 2.75) is 25.3 Å². The van der Waals surface area contributed by atoms with Crippen LogP contribution < -0.4 is 5.73 Å². The molecule has 1 unspecified atom stereocenters. The van der Waals surface area contributed by atoms with Crippen molar-refractivity contribution in [2.75, 3.05) is 0 Å². The van der Waals surface area contributed by atoms with Gasteiger partial charge in [0.05, 0.1) is 0 Å². The first-order chi connectivity index (χ1) is 6.66. The molecule has 0 aliphatic heterocycles. The highest BCUT2D eigenvalue weighted by Gasteiger charge is 2.28. The van der Waals surface area contributed by atoms with Crippen molar-refractivity contribution in [1.82, 2.24) is 0 Å². The molecule has 1 aromatic carbocycles. The fraction of sp³-hybridized carbons (Fsp3) is 0.455. The molecule has 76 valence electrons. The molecule has 1 aromatic rings. The molecule has 0 aromatic heterocycles. The average molecular weight is 197 g/mol. The summed E-state index contributed by atoms with van der Waals surface area (Å²) in [6.07, 6.45) is 2.68. The van der Waals surface area contributed by atoms with Gasteiger partial charge < -0.3 is 5.73 Å². The maximum atomic E-state index is 13.2. The van der Waals surface area contributed by atoms with Gasteiger partial charge in [-0.25, -0.2) is 8.78 Å². The van der Waals surface area contributed by atoms with Crippen molar-refractivity contribution in [3.63, 3.8) is 0 Å². The summed E-state index contributed by atoms with van der Waals surface area (Å²) in [7, 11) is 0. The lowest BCUT2D eigenvalue weighted by Gasteiger charge is -2.10. The molecule has 0 radical (unpaired) electrons. The molecule has 1 aliphatic rings. The number of halogens is 2. The van der Waals surface area contributed by atoms with E-state index >= 15 is 0 Å². The minimum atomic E-state index is -0.399. The molecule has 0 heterocycles. The van der Waals surface area contributed by atoms with Crippen molar-refractivity contribution >= 4 is 0 Å². The Balaban J connectivity index is 2.10. The van der Waals surface area contributed by atoms with Gasteiger partial charge in [0, 0.05) is 6.04 Å². The van der Waals surface area contributed by atoms with Gasteiger partial charge in [0.2, 0.25) is 0 Å². The quantitative estimate of drug-likeness (QED) is 0.790.